The van der Waals surface area contributed by atoms with E-state index in [0.29, 0.717) is 12.8 Å². The zero-order chi connectivity index (χ0) is 16.3. The standard InChI is InChI=1S/C17H22N2O3/c1-5-13-11(3)17(21)19-15(13)8-14-10(2)12(9-18-14)6-7-16(20)22-4/h8-9,18H,5-7H2,1-4H3,(H,19,21)/b15-8-. The van der Waals surface area contributed by atoms with Crippen molar-refractivity contribution >= 4 is 18.0 Å². The molecule has 0 saturated heterocycles. The van der Waals surface area contributed by atoms with Crippen LogP contribution in [0.3, 0.4) is 0 Å². The fourth-order valence-electron chi connectivity index (χ4n) is 2.66. The molecule has 2 N–H and O–H groups in total. The number of H-pyrrole nitrogens is 1. The van der Waals surface area contributed by atoms with E-state index in [0.717, 1.165) is 40.1 Å². The second-order valence-electron chi connectivity index (χ2n) is 5.40. The summed E-state index contributed by atoms with van der Waals surface area (Å²) in [4.78, 5) is 26.2. The van der Waals surface area contributed by atoms with Gasteiger partial charge in [0, 0.05) is 29.6 Å². The van der Waals surface area contributed by atoms with E-state index in [4.69, 9.17) is 0 Å². The van der Waals surface area contributed by atoms with Gasteiger partial charge in [0.25, 0.3) is 5.91 Å². The molecule has 1 aliphatic heterocycles. The Balaban J connectivity index is 2.21. The molecule has 2 heterocycles. The van der Waals surface area contributed by atoms with Crippen molar-refractivity contribution in [1.29, 1.82) is 0 Å². The number of aromatic nitrogens is 1. The van der Waals surface area contributed by atoms with Crippen molar-refractivity contribution in [2.24, 2.45) is 0 Å². The van der Waals surface area contributed by atoms with E-state index in [-0.39, 0.29) is 11.9 Å². The average Bonchev–Trinajstić information content (AvgIpc) is 2.98. The molecule has 0 aliphatic carbocycles. The Labute approximate surface area is 130 Å². The molecule has 1 aliphatic rings. The largest absolute Gasteiger partial charge is 0.469 e. The molecule has 2 rings (SSSR count). The Hall–Kier alpha value is -2.30. The molecular weight excluding hydrogens is 280 g/mol. The van der Waals surface area contributed by atoms with Gasteiger partial charge < -0.3 is 15.0 Å². The highest BCUT2D eigenvalue weighted by atomic mass is 16.5. The van der Waals surface area contributed by atoms with E-state index in [1.807, 2.05) is 33.0 Å². The fourth-order valence-corrected chi connectivity index (χ4v) is 2.66. The first kappa shape index (κ1) is 16.1. The second-order valence-corrected chi connectivity index (χ2v) is 5.40. The number of ether oxygens (including phenoxy) is 1. The number of esters is 1. The number of carbonyl (C=O) groups is 2. The van der Waals surface area contributed by atoms with Gasteiger partial charge in [0.15, 0.2) is 0 Å². The average molecular weight is 302 g/mol. The second kappa shape index (κ2) is 6.64. The van der Waals surface area contributed by atoms with Gasteiger partial charge in [0.1, 0.15) is 0 Å². The normalized spacial score (nSPS) is 16.4. The van der Waals surface area contributed by atoms with Crippen molar-refractivity contribution in [2.45, 2.75) is 40.0 Å². The van der Waals surface area contributed by atoms with Gasteiger partial charge in [-0.05, 0) is 49.5 Å². The minimum absolute atomic E-state index is 0.0294. The van der Waals surface area contributed by atoms with Crippen LogP contribution in [0.15, 0.2) is 23.0 Å². The van der Waals surface area contributed by atoms with Crippen LogP contribution in [0.2, 0.25) is 0 Å². The van der Waals surface area contributed by atoms with Gasteiger partial charge in [0.2, 0.25) is 0 Å². The zero-order valence-corrected chi connectivity index (χ0v) is 13.5. The summed E-state index contributed by atoms with van der Waals surface area (Å²) in [6.07, 6.45) is 5.68. The highest BCUT2D eigenvalue weighted by Crippen LogP contribution is 2.26. The number of allylic oxidation sites excluding steroid dienone is 1. The van der Waals surface area contributed by atoms with Gasteiger partial charge in [-0.2, -0.15) is 0 Å². The van der Waals surface area contributed by atoms with Gasteiger partial charge in [-0.3, -0.25) is 9.59 Å². The summed E-state index contributed by atoms with van der Waals surface area (Å²) >= 11 is 0. The molecule has 0 fully saturated rings. The minimum Gasteiger partial charge on any atom is -0.469 e. The lowest BCUT2D eigenvalue weighted by Crippen LogP contribution is -2.15. The van der Waals surface area contributed by atoms with Gasteiger partial charge >= 0.3 is 5.97 Å². The van der Waals surface area contributed by atoms with E-state index in [1.54, 1.807) is 0 Å². The predicted molar refractivity (Wildman–Crippen MR) is 85.0 cm³/mol. The highest BCUT2D eigenvalue weighted by Gasteiger charge is 2.22. The molecule has 5 heteroatoms. The van der Waals surface area contributed by atoms with Crippen LogP contribution in [-0.2, 0) is 20.7 Å². The lowest BCUT2D eigenvalue weighted by molar-refractivity contribution is -0.140. The van der Waals surface area contributed by atoms with Crippen molar-refractivity contribution in [3.63, 3.8) is 0 Å². The maximum absolute atomic E-state index is 11.8. The lowest BCUT2D eigenvalue weighted by Gasteiger charge is -2.04. The Morgan fingerprint density at radius 2 is 2.09 bits per heavy atom. The number of aromatic amines is 1. The van der Waals surface area contributed by atoms with Crippen LogP contribution in [0.25, 0.3) is 6.08 Å². The first-order valence-corrected chi connectivity index (χ1v) is 7.44. The molecule has 118 valence electrons. The third-order valence-electron chi connectivity index (χ3n) is 4.12. The lowest BCUT2D eigenvalue weighted by atomic mass is 10.0. The van der Waals surface area contributed by atoms with Crippen LogP contribution in [-0.4, -0.2) is 24.0 Å². The molecule has 1 aromatic rings. The van der Waals surface area contributed by atoms with Crippen molar-refractivity contribution < 1.29 is 14.3 Å². The van der Waals surface area contributed by atoms with Crippen LogP contribution >= 0.6 is 0 Å². The monoisotopic (exact) mass is 302 g/mol. The first-order valence-electron chi connectivity index (χ1n) is 7.44. The topological polar surface area (TPSA) is 71.2 Å². The third-order valence-corrected chi connectivity index (χ3v) is 4.12. The number of carbonyl (C=O) groups excluding carboxylic acids is 2. The summed E-state index contributed by atoms with van der Waals surface area (Å²) in [6, 6.07) is 0. The van der Waals surface area contributed by atoms with Crippen molar-refractivity contribution in [3.8, 4) is 0 Å². The SMILES string of the molecule is CCC1=C(C)C(=O)N/C1=C\c1[nH]cc(CCC(=O)OC)c1C. The van der Waals surface area contributed by atoms with Gasteiger partial charge in [0.05, 0.1) is 7.11 Å². The predicted octanol–water partition coefficient (Wildman–Crippen LogP) is 2.63. The zero-order valence-electron chi connectivity index (χ0n) is 13.5. The van der Waals surface area contributed by atoms with Crippen LogP contribution in [0.4, 0.5) is 0 Å². The van der Waals surface area contributed by atoms with Crippen LogP contribution < -0.4 is 5.32 Å². The summed E-state index contributed by atoms with van der Waals surface area (Å²) in [7, 11) is 1.39. The summed E-state index contributed by atoms with van der Waals surface area (Å²) in [6.45, 7) is 5.89. The minimum atomic E-state index is -0.213. The molecular formula is C17H22N2O3. The number of amides is 1. The summed E-state index contributed by atoms with van der Waals surface area (Å²) in [5.74, 6) is -0.242. The maximum Gasteiger partial charge on any atom is 0.305 e. The molecule has 1 aromatic heterocycles. The molecule has 0 saturated carbocycles. The summed E-state index contributed by atoms with van der Waals surface area (Å²) < 4.78 is 4.66. The third kappa shape index (κ3) is 3.13. The van der Waals surface area contributed by atoms with Crippen molar-refractivity contribution in [3.05, 3.63) is 39.9 Å². The highest BCUT2D eigenvalue weighted by molar-refractivity contribution is 6.00. The van der Waals surface area contributed by atoms with Gasteiger partial charge in [-0.1, -0.05) is 6.92 Å². The van der Waals surface area contributed by atoms with E-state index in [2.05, 4.69) is 15.0 Å². The van der Waals surface area contributed by atoms with Crippen LogP contribution in [0.5, 0.6) is 0 Å². The fraction of sp³-hybridized carbons (Fsp3) is 0.412. The van der Waals surface area contributed by atoms with E-state index in [1.165, 1.54) is 7.11 Å². The summed E-state index contributed by atoms with van der Waals surface area (Å²) in [5, 5.41) is 2.90. The molecule has 0 spiro atoms. The first-order chi connectivity index (χ1) is 10.5. The number of hydrogen-bond acceptors (Lipinski definition) is 3. The Bertz CT molecular complexity index is 665. The van der Waals surface area contributed by atoms with Crippen LogP contribution in [0.1, 0.15) is 43.5 Å². The number of methoxy groups -OCH3 is 1. The molecule has 0 aromatic carbocycles. The van der Waals surface area contributed by atoms with E-state index >= 15 is 0 Å². The molecule has 1 amide bonds. The van der Waals surface area contributed by atoms with E-state index in [9.17, 15) is 9.59 Å². The number of rotatable bonds is 5. The number of aryl methyl sites for hydroxylation is 1. The van der Waals surface area contributed by atoms with Gasteiger partial charge in [-0.15, -0.1) is 0 Å². The molecule has 0 unspecified atom stereocenters. The van der Waals surface area contributed by atoms with Crippen molar-refractivity contribution in [1.82, 2.24) is 10.3 Å². The number of nitrogens with one attached hydrogen (secondary N) is 2. The van der Waals surface area contributed by atoms with Gasteiger partial charge in [-0.25, -0.2) is 0 Å². The number of hydrogen-bond donors (Lipinski definition) is 2. The van der Waals surface area contributed by atoms with E-state index < -0.39 is 0 Å². The van der Waals surface area contributed by atoms with Crippen molar-refractivity contribution in [2.75, 3.05) is 7.11 Å². The Kier molecular flexibility index (Phi) is 4.85. The summed E-state index contributed by atoms with van der Waals surface area (Å²) in [5.41, 5.74) is 5.82. The molecule has 0 radical (unpaired) electrons. The van der Waals surface area contributed by atoms with Crippen LogP contribution in [0, 0.1) is 6.92 Å². The maximum atomic E-state index is 11.8. The Morgan fingerprint density at radius 3 is 2.73 bits per heavy atom. The molecule has 22 heavy (non-hydrogen) atoms. The molecule has 0 bridgehead atoms. The quantitative estimate of drug-likeness (QED) is 0.821. The Morgan fingerprint density at radius 1 is 1.36 bits per heavy atom. The molecule has 0 atom stereocenters. The molecule has 5 nitrogen and oxygen atoms in total. The smallest absolute Gasteiger partial charge is 0.305 e.